The van der Waals surface area contributed by atoms with Gasteiger partial charge in [-0.1, -0.05) is 0 Å². The van der Waals surface area contributed by atoms with Gasteiger partial charge in [-0.3, -0.25) is 0 Å². The zero-order valence-corrected chi connectivity index (χ0v) is 8.37. The second-order valence-corrected chi connectivity index (χ2v) is 3.24. The highest BCUT2D eigenvalue weighted by molar-refractivity contribution is 5.66. The van der Waals surface area contributed by atoms with Gasteiger partial charge in [-0.2, -0.15) is 0 Å². The minimum atomic E-state index is -2.04. The molecule has 1 rings (SSSR count). The number of halogens is 4. The van der Waals surface area contributed by atoms with E-state index in [1.165, 1.54) is 13.1 Å². The summed E-state index contributed by atoms with van der Waals surface area (Å²) >= 11 is 0. The molecule has 15 heavy (non-hydrogen) atoms. The maximum atomic E-state index is 13.4. The Morgan fingerprint density at radius 3 is 2.53 bits per heavy atom. The fourth-order valence-electron chi connectivity index (χ4n) is 1.28. The van der Waals surface area contributed by atoms with Crippen molar-refractivity contribution >= 4 is 5.83 Å². The molecular formula is C10H11F4N. The molecule has 0 aliphatic carbocycles. The minimum absolute atomic E-state index is 0.0826. The van der Waals surface area contributed by atoms with Crippen molar-refractivity contribution in [2.45, 2.75) is 26.7 Å². The van der Waals surface area contributed by atoms with Gasteiger partial charge in [-0.05, 0) is 19.4 Å². The quantitative estimate of drug-likeness (QED) is 0.748. The van der Waals surface area contributed by atoms with Crippen molar-refractivity contribution in [1.29, 1.82) is 0 Å². The Balaban J connectivity index is 3.26. The van der Waals surface area contributed by atoms with Crippen LogP contribution in [0, 0.1) is 6.92 Å². The van der Waals surface area contributed by atoms with Crippen molar-refractivity contribution in [1.82, 2.24) is 4.98 Å². The molecule has 0 spiro atoms. The van der Waals surface area contributed by atoms with Crippen LogP contribution in [0.5, 0.6) is 0 Å². The van der Waals surface area contributed by atoms with Crippen LogP contribution in [0.3, 0.4) is 0 Å². The number of nitrogens with one attached hydrogen (secondary N) is 1. The molecule has 1 unspecified atom stereocenters. The van der Waals surface area contributed by atoms with Crippen LogP contribution < -0.4 is 0 Å². The summed E-state index contributed by atoms with van der Waals surface area (Å²) in [6.45, 7) is 1.41. The van der Waals surface area contributed by atoms with Gasteiger partial charge in [-0.25, -0.2) is 17.6 Å². The van der Waals surface area contributed by atoms with E-state index in [2.05, 4.69) is 4.98 Å². The van der Waals surface area contributed by atoms with Gasteiger partial charge in [-0.15, -0.1) is 0 Å². The summed E-state index contributed by atoms with van der Waals surface area (Å²) in [6.07, 6.45) is -0.688. The van der Waals surface area contributed by atoms with Crippen LogP contribution in [0.4, 0.5) is 17.6 Å². The molecular weight excluding hydrogens is 210 g/mol. The van der Waals surface area contributed by atoms with Crippen molar-refractivity contribution < 1.29 is 17.6 Å². The van der Waals surface area contributed by atoms with Crippen LogP contribution in [0.2, 0.25) is 0 Å². The van der Waals surface area contributed by atoms with E-state index in [0.29, 0.717) is 5.56 Å². The molecule has 0 aromatic carbocycles. The van der Waals surface area contributed by atoms with Gasteiger partial charge in [0.05, 0.1) is 5.69 Å². The Bertz CT molecular complexity index is 379. The normalized spacial score (nSPS) is 15.1. The average Bonchev–Trinajstić information content (AvgIpc) is 2.57. The number of alkyl halides is 2. The van der Waals surface area contributed by atoms with Crippen LogP contribution in [0.15, 0.2) is 12.0 Å². The second-order valence-electron chi connectivity index (χ2n) is 3.24. The van der Waals surface area contributed by atoms with Crippen molar-refractivity contribution in [3.05, 3.63) is 28.8 Å². The molecule has 1 aromatic rings. The lowest BCUT2D eigenvalue weighted by Gasteiger charge is -2.03. The summed E-state index contributed by atoms with van der Waals surface area (Å²) in [7, 11) is 0. The molecule has 1 N–H and O–H groups in total. The Kier molecular flexibility index (Phi) is 3.55. The number of aromatic amines is 1. The van der Waals surface area contributed by atoms with Gasteiger partial charge < -0.3 is 4.98 Å². The first-order valence-electron chi connectivity index (χ1n) is 4.41. The summed E-state index contributed by atoms with van der Waals surface area (Å²) < 4.78 is 51.3. The number of allylic oxidation sites excluding steroid dienone is 1. The summed E-state index contributed by atoms with van der Waals surface area (Å²) in [5, 5.41) is 0. The summed E-state index contributed by atoms with van der Waals surface area (Å²) in [5.41, 5.74) is 0.0382. The van der Waals surface area contributed by atoms with Gasteiger partial charge >= 0.3 is 0 Å². The van der Waals surface area contributed by atoms with Gasteiger partial charge in [0.15, 0.2) is 17.8 Å². The number of hydrogen-bond acceptors (Lipinski definition) is 0. The van der Waals surface area contributed by atoms with E-state index in [1.54, 1.807) is 0 Å². The zero-order chi connectivity index (χ0) is 11.6. The lowest BCUT2D eigenvalue weighted by Crippen LogP contribution is -1.97. The Morgan fingerprint density at radius 2 is 2.07 bits per heavy atom. The van der Waals surface area contributed by atoms with E-state index in [-0.39, 0.29) is 11.3 Å². The highest BCUT2D eigenvalue weighted by atomic mass is 19.2. The largest absolute Gasteiger partial charge is 0.362 e. The first-order chi connectivity index (χ1) is 6.99. The second kappa shape index (κ2) is 4.51. The molecule has 0 fully saturated rings. The van der Waals surface area contributed by atoms with E-state index < -0.39 is 24.5 Å². The van der Waals surface area contributed by atoms with Gasteiger partial charge in [0.2, 0.25) is 0 Å². The van der Waals surface area contributed by atoms with Crippen LogP contribution in [0.25, 0.3) is 5.83 Å². The monoisotopic (exact) mass is 221 g/mol. The van der Waals surface area contributed by atoms with Crippen molar-refractivity contribution in [3.8, 4) is 0 Å². The van der Waals surface area contributed by atoms with Crippen LogP contribution in [-0.2, 0) is 6.67 Å². The number of H-pyrrole nitrogens is 1. The number of rotatable bonds is 3. The van der Waals surface area contributed by atoms with E-state index in [4.69, 9.17) is 0 Å². The predicted octanol–water partition coefficient (Wildman–Crippen LogP) is 3.76. The molecule has 1 nitrogen and oxygen atoms in total. The Hall–Kier alpha value is -1.26. The first kappa shape index (κ1) is 11.8. The molecule has 5 heteroatoms. The molecule has 0 saturated carbocycles. The standard InChI is InChI=1S/C10H11F4N/c1-5-4-15-7(3-11)8(5)10(14)9(13)6(2)12/h4,6,15H,3H2,1-2H3/b10-9-. The van der Waals surface area contributed by atoms with Gasteiger partial charge in [0.1, 0.15) is 6.67 Å². The molecule has 0 saturated heterocycles. The number of aromatic nitrogens is 1. The fraction of sp³-hybridized carbons (Fsp3) is 0.400. The minimum Gasteiger partial charge on any atom is -0.362 e. The molecule has 0 bridgehead atoms. The Morgan fingerprint density at radius 1 is 1.47 bits per heavy atom. The lowest BCUT2D eigenvalue weighted by molar-refractivity contribution is 0.346. The predicted molar refractivity (Wildman–Crippen MR) is 50.0 cm³/mol. The molecule has 1 aromatic heterocycles. The Labute approximate surface area is 84.8 Å². The number of aryl methyl sites for hydroxylation is 1. The van der Waals surface area contributed by atoms with Crippen LogP contribution in [0.1, 0.15) is 23.7 Å². The molecule has 1 atom stereocenters. The lowest BCUT2D eigenvalue weighted by atomic mass is 10.1. The van der Waals surface area contributed by atoms with E-state index in [0.717, 1.165) is 6.92 Å². The maximum absolute atomic E-state index is 13.4. The highest BCUT2D eigenvalue weighted by Gasteiger charge is 2.20. The fourth-order valence-corrected chi connectivity index (χ4v) is 1.28. The molecule has 0 aliphatic rings. The molecule has 0 aliphatic heterocycles. The first-order valence-corrected chi connectivity index (χ1v) is 4.41. The topological polar surface area (TPSA) is 15.8 Å². The van der Waals surface area contributed by atoms with Crippen LogP contribution in [-0.4, -0.2) is 11.2 Å². The van der Waals surface area contributed by atoms with Gasteiger partial charge in [0.25, 0.3) is 0 Å². The summed E-state index contributed by atoms with van der Waals surface area (Å²) in [4.78, 5) is 2.46. The highest BCUT2D eigenvalue weighted by Crippen LogP contribution is 2.30. The molecule has 0 amide bonds. The third-order valence-corrected chi connectivity index (χ3v) is 2.07. The third kappa shape index (κ3) is 2.22. The zero-order valence-electron chi connectivity index (χ0n) is 8.37. The van der Waals surface area contributed by atoms with Gasteiger partial charge in [0, 0.05) is 11.8 Å². The van der Waals surface area contributed by atoms with E-state index >= 15 is 0 Å². The molecule has 1 heterocycles. The summed E-state index contributed by atoms with van der Waals surface area (Å²) in [5.74, 6) is -2.84. The maximum Gasteiger partial charge on any atom is 0.170 e. The van der Waals surface area contributed by atoms with Crippen molar-refractivity contribution in [2.75, 3.05) is 0 Å². The van der Waals surface area contributed by atoms with E-state index in [9.17, 15) is 17.6 Å². The number of hydrogen-bond donors (Lipinski definition) is 1. The van der Waals surface area contributed by atoms with Crippen molar-refractivity contribution in [3.63, 3.8) is 0 Å². The molecule has 0 radical (unpaired) electrons. The SMILES string of the molecule is Cc1c[nH]c(CF)c1/C(F)=C(/F)C(C)F. The molecule has 84 valence electrons. The van der Waals surface area contributed by atoms with Crippen molar-refractivity contribution in [2.24, 2.45) is 0 Å². The van der Waals surface area contributed by atoms with Crippen LogP contribution >= 0.6 is 0 Å². The summed E-state index contributed by atoms with van der Waals surface area (Å²) in [6, 6.07) is 0. The van der Waals surface area contributed by atoms with E-state index in [1.807, 2.05) is 0 Å². The smallest absolute Gasteiger partial charge is 0.170 e. The third-order valence-electron chi connectivity index (χ3n) is 2.07. The average molecular weight is 221 g/mol.